The quantitative estimate of drug-likeness (QED) is 0.245. The second-order valence-electron chi connectivity index (χ2n) is 10.7. The van der Waals surface area contributed by atoms with Gasteiger partial charge in [-0.2, -0.15) is 0 Å². The molecule has 0 aliphatic carbocycles. The summed E-state index contributed by atoms with van der Waals surface area (Å²) in [6.07, 6.45) is 0. The molecule has 1 aromatic heterocycles. The standard InChI is InChI=1S/C35H31N/c1-24-13-10-16-26(23-24)27-18-12-22-32(33(27)35(2,3)4)36-31-21-9-8-17-29(31)30-20-11-19-28(34(30)36)25-14-6-5-7-15-25/h5-23H,1-4H3. The van der Waals surface area contributed by atoms with Gasteiger partial charge >= 0.3 is 0 Å². The summed E-state index contributed by atoms with van der Waals surface area (Å²) in [5.41, 5.74) is 11.4. The van der Waals surface area contributed by atoms with E-state index in [4.69, 9.17) is 0 Å². The molecular formula is C35H31N. The number of aryl methyl sites for hydroxylation is 1. The first-order chi connectivity index (χ1) is 17.4. The van der Waals surface area contributed by atoms with Gasteiger partial charge in [-0.15, -0.1) is 0 Å². The summed E-state index contributed by atoms with van der Waals surface area (Å²) in [6, 6.07) is 42.0. The number of fused-ring (bicyclic) bond motifs is 3. The van der Waals surface area contributed by atoms with Crippen molar-refractivity contribution >= 4 is 21.8 Å². The first-order valence-corrected chi connectivity index (χ1v) is 12.7. The van der Waals surface area contributed by atoms with Gasteiger partial charge in [-0.3, -0.25) is 0 Å². The van der Waals surface area contributed by atoms with Crippen molar-refractivity contribution in [1.82, 2.24) is 4.57 Å². The molecule has 5 aromatic carbocycles. The summed E-state index contributed by atoms with van der Waals surface area (Å²) in [6.45, 7) is 9.16. The van der Waals surface area contributed by atoms with Gasteiger partial charge in [-0.05, 0) is 46.7 Å². The highest BCUT2D eigenvalue weighted by Crippen LogP contribution is 2.43. The first kappa shape index (κ1) is 22.4. The Morgan fingerprint density at radius 3 is 1.97 bits per heavy atom. The Balaban J connectivity index is 1.78. The molecule has 0 unspecified atom stereocenters. The van der Waals surface area contributed by atoms with Crippen LogP contribution in [0, 0.1) is 6.92 Å². The van der Waals surface area contributed by atoms with Gasteiger partial charge < -0.3 is 4.57 Å². The van der Waals surface area contributed by atoms with Gasteiger partial charge in [0, 0.05) is 16.3 Å². The lowest BCUT2D eigenvalue weighted by Gasteiger charge is -2.28. The molecule has 6 aromatic rings. The summed E-state index contributed by atoms with van der Waals surface area (Å²) in [4.78, 5) is 0. The molecule has 0 aliphatic rings. The smallest absolute Gasteiger partial charge is 0.0619 e. The first-order valence-electron chi connectivity index (χ1n) is 12.7. The maximum Gasteiger partial charge on any atom is 0.0619 e. The molecule has 1 heteroatoms. The molecule has 0 aliphatic heterocycles. The minimum absolute atomic E-state index is 0.0605. The fourth-order valence-electron chi connectivity index (χ4n) is 5.69. The van der Waals surface area contributed by atoms with Crippen molar-refractivity contribution in [2.45, 2.75) is 33.1 Å². The van der Waals surface area contributed by atoms with Crippen molar-refractivity contribution in [2.24, 2.45) is 0 Å². The lowest BCUT2D eigenvalue weighted by molar-refractivity contribution is 0.589. The Kier molecular flexibility index (Phi) is 5.30. The molecule has 1 heterocycles. The monoisotopic (exact) mass is 465 g/mol. The summed E-state index contributed by atoms with van der Waals surface area (Å²) in [5, 5.41) is 2.57. The van der Waals surface area contributed by atoms with E-state index in [1.807, 2.05) is 0 Å². The molecule has 0 saturated carbocycles. The third-order valence-electron chi connectivity index (χ3n) is 7.14. The predicted octanol–water partition coefficient (Wildman–Crippen LogP) is 9.72. The number of hydrogen-bond acceptors (Lipinski definition) is 0. The second kappa shape index (κ2) is 8.53. The Morgan fingerprint density at radius 2 is 1.19 bits per heavy atom. The van der Waals surface area contributed by atoms with Crippen LogP contribution in [0.25, 0.3) is 49.7 Å². The topological polar surface area (TPSA) is 4.93 Å². The maximum atomic E-state index is 2.51. The van der Waals surface area contributed by atoms with Crippen LogP contribution in [-0.4, -0.2) is 4.57 Å². The number of rotatable bonds is 3. The zero-order valence-corrected chi connectivity index (χ0v) is 21.4. The van der Waals surface area contributed by atoms with Gasteiger partial charge in [0.25, 0.3) is 0 Å². The molecule has 6 rings (SSSR count). The van der Waals surface area contributed by atoms with Crippen LogP contribution in [0.4, 0.5) is 0 Å². The Labute approximate surface area is 213 Å². The molecule has 36 heavy (non-hydrogen) atoms. The fourth-order valence-corrected chi connectivity index (χ4v) is 5.69. The summed E-state index contributed by atoms with van der Waals surface area (Å²) < 4.78 is 2.51. The zero-order valence-electron chi connectivity index (χ0n) is 21.4. The number of aromatic nitrogens is 1. The minimum atomic E-state index is -0.0605. The molecule has 0 atom stereocenters. The lowest BCUT2D eigenvalue weighted by Crippen LogP contribution is -2.17. The molecular weight excluding hydrogens is 434 g/mol. The third kappa shape index (κ3) is 3.63. The molecule has 0 spiro atoms. The Hall–Kier alpha value is -4.10. The van der Waals surface area contributed by atoms with E-state index in [0.717, 1.165) is 0 Å². The van der Waals surface area contributed by atoms with E-state index >= 15 is 0 Å². The zero-order chi connectivity index (χ0) is 24.9. The van der Waals surface area contributed by atoms with Gasteiger partial charge in [0.2, 0.25) is 0 Å². The molecule has 0 radical (unpaired) electrons. The van der Waals surface area contributed by atoms with Crippen LogP contribution in [0.3, 0.4) is 0 Å². The van der Waals surface area contributed by atoms with Crippen LogP contribution >= 0.6 is 0 Å². The van der Waals surface area contributed by atoms with E-state index < -0.39 is 0 Å². The van der Waals surface area contributed by atoms with Crippen molar-refractivity contribution in [2.75, 3.05) is 0 Å². The van der Waals surface area contributed by atoms with Gasteiger partial charge in [-0.25, -0.2) is 0 Å². The summed E-state index contributed by atoms with van der Waals surface area (Å²) >= 11 is 0. The van der Waals surface area contributed by atoms with Crippen LogP contribution in [0.5, 0.6) is 0 Å². The van der Waals surface area contributed by atoms with Gasteiger partial charge in [0.05, 0.1) is 16.7 Å². The molecule has 1 nitrogen and oxygen atoms in total. The highest BCUT2D eigenvalue weighted by Gasteiger charge is 2.26. The molecule has 0 bridgehead atoms. The highest BCUT2D eigenvalue weighted by molar-refractivity contribution is 6.14. The van der Waals surface area contributed by atoms with Gasteiger partial charge in [0.15, 0.2) is 0 Å². The van der Waals surface area contributed by atoms with Crippen molar-refractivity contribution in [3.8, 4) is 27.9 Å². The van der Waals surface area contributed by atoms with Crippen LogP contribution in [0.1, 0.15) is 31.9 Å². The van der Waals surface area contributed by atoms with Crippen molar-refractivity contribution in [3.05, 3.63) is 126 Å². The summed E-state index contributed by atoms with van der Waals surface area (Å²) in [5.74, 6) is 0. The Bertz CT molecular complexity index is 1710. The normalized spacial score (nSPS) is 11.9. The summed E-state index contributed by atoms with van der Waals surface area (Å²) in [7, 11) is 0. The van der Waals surface area contributed by atoms with E-state index in [1.165, 1.54) is 60.9 Å². The number of nitrogens with zero attached hydrogens (tertiary/aromatic N) is 1. The average Bonchev–Trinajstić information content (AvgIpc) is 3.23. The molecule has 0 N–H and O–H groups in total. The highest BCUT2D eigenvalue weighted by atomic mass is 15.0. The van der Waals surface area contributed by atoms with Crippen molar-refractivity contribution < 1.29 is 0 Å². The lowest BCUT2D eigenvalue weighted by atomic mass is 9.80. The van der Waals surface area contributed by atoms with Crippen LogP contribution in [0.15, 0.2) is 115 Å². The molecule has 176 valence electrons. The number of hydrogen-bond donors (Lipinski definition) is 0. The average molecular weight is 466 g/mol. The molecule has 0 saturated heterocycles. The van der Waals surface area contributed by atoms with Gasteiger partial charge in [0.1, 0.15) is 0 Å². The predicted molar refractivity (Wildman–Crippen MR) is 155 cm³/mol. The fraction of sp³-hybridized carbons (Fsp3) is 0.143. The van der Waals surface area contributed by atoms with Crippen LogP contribution < -0.4 is 0 Å². The largest absolute Gasteiger partial charge is 0.308 e. The molecule has 0 fully saturated rings. The van der Waals surface area contributed by atoms with Crippen LogP contribution in [-0.2, 0) is 5.41 Å². The van der Waals surface area contributed by atoms with Crippen molar-refractivity contribution in [3.63, 3.8) is 0 Å². The maximum absolute atomic E-state index is 2.51. The number of para-hydroxylation sites is 2. The van der Waals surface area contributed by atoms with Crippen molar-refractivity contribution in [1.29, 1.82) is 0 Å². The van der Waals surface area contributed by atoms with Crippen LogP contribution in [0.2, 0.25) is 0 Å². The number of benzene rings is 5. The van der Waals surface area contributed by atoms with E-state index in [1.54, 1.807) is 0 Å². The van der Waals surface area contributed by atoms with Gasteiger partial charge in [-0.1, -0.05) is 129 Å². The molecule has 0 amide bonds. The van der Waals surface area contributed by atoms with E-state index in [0.29, 0.717) is 0 Å². The SMILES string of the molecule is Cc1cccc(-c2cccc(-n3c4ccccc4c4cccc(-c5ccccc5)c43)c2C(C)(C)C)c1. The third-order valence-corrected chi connectivity index (χ3v) is 7.14. The van der Waals surface area contributed by atoms with E-state index in [9.17, 15) is 0 Å². The Morgan fingerprint density at radius 1 is 0.556 bits per heavy atom. The second-order valence-corrected chi connectivity index (χ2v) is 10.7. The van der Waals surface area contributed by atoms with E-state index in [-0.39, 0.29) is 5.41 Å². The minimum Gasteiger partial charge on any atom is -0.308 e. The van der Waals surface area contributed by atoms with E-state index in [2.05, 4.69) is 148 Å².